The van der Waals surface area contributed by atoms with Crippen LogP contribution in [0, 0.1) is 0 Å². The minimum Gasteiger partial charge on any atom is -0.379 e. The number of hydrogen-bond acceptors (Lipinski definition) is 3. The molecule has 0 aromatic rings. The molecule has 96 valence electrons. The second kappa shape index (κ2) is 5.84. The van der Waals surface area contributed by atoms with Crippen molar-refractivity contribution in [2.24, 2.45) is 0 Å². The zero-order valence-electron chi connectivity index (χ0n) is 9.68. The number of rotatable bonds is 4. The third kappa shape index (κ3) is 5.14. The van der Waals surface area contributed by atoms with Crippen LogP contribution in [0.5, 0.6) is 0 Å². The Balaban J connectivity index is 2.29. The monoisotopic (exact) mass is 240 g/mol. The molecule has 1 heterocycles. The van der Waals surface area contributed by atoms with Gasteiger partial charge in [-0.2, -0.15) is 13.2 Å². The SMILES string of the molecule is CC(CC1COCCN1)N(C)CC(F)(F)F. The quantitative estimate of drug-likeness (QED) is 0.800. The van der Waals surface area contributed by atoms with Crippen LogP contribution >= 0.6 is 0 Å². The van der Waals surface area contributed by atoms with Crippen LogP contribution in [0.25, 0.3) is 0 Å². The summed E-state index contributed by atoms with van der Waals surface area (Å²) in [7, 11) is 1.50. The minimum atomic E-state index is -4.13. The number of halogens is 3. The van der Waals surface area contributed by atoms with Gasteiger partial charge < -0.3 is 10.1 Å². The van der Waals surface area contributed by atoms with Gasteiger partial charge in [0.1, 0.15) is 0 Å². The molecule has 0 spiro atoms. The Kier molecular flexibility index (Phi) is 5.01. The van der Waals surface area contributed by atoms with Gasteiger partial charge in [-0.25, -0.2) is 0 Å². The van der Waals surface area contributed by atoms with Gasteiger partial charge in [0.25, 0.3) is 0 Å². The topological polar surface area (TPSA) is 24.5 Å². The van der Waals surface area contributed by atoms with Gasteiger partial charge in [0.05, 0.1) is 19.8 Å². The predicted octanol–water partition coefficient (Wildman–Crippen LogP) is 1.25. The number of ether oxygens (including phenoxy) is 1. The molecule has 0 aromatic carbocycles. The van der Waals surface area contributed by atoms with Crippen LogP contribution in [0.15, 0.2) is 0 Å². The molecule has 0 aromatic heterocycles. The summed E-state index contributed by atoms with van der Waals surface area (Å²) in [5, 5.41) is 3.23. The van der Waals surface area contributed by atoms with Crippen molar-refractivity contribution in [1.82, 2.24) is 10.2 Å². The highest BCUT2D eigenvalue weighted by Crippen LogP contribution is 2.18. The van der Waals surface area contributed by atoms with E-state index in [0.717, 1.165) is 6.54 Å². The van der Waals surface area contributed by atoms with Crippen LogP contribution in [0.1, 0.15) is 13.3 Å². The van der Waals surface area contributed by atoms with Gasteiger partial charge in [0, 0.05) is 18.6 Å². The van der Waals surface area contributed by atoms with Crippen LogP contribution in [-0.4, -0.2) is 56.5 Å². The van der Waals surface area contributed by atoms with Crippen molar-refractivity contribution in [1.29, 1.82) is 0 Å². The highest BCUT2D eigenvalue weighted by molar-refractivity contribution is 4.77. The molecule has 1 fully saturated rings. The number of nitrogens with zero attached hydrogens (tertiary/aromatic N) is 1. The summed E-state index contributed by atoms with van der Waals surface area (Å²) in [4.78, 5) is 1.33. The first-order chi connectivity index (χ1) is 7.38. The standard InChI is InChI=1S/C10H19F3N2O/c1-8(15(2)7-10(11,12)13)5-9-6-16-4-3-14-9/h8-9,14H,3-7H2,1-2H3. The highest BCUT2D eigenvalue weighted by Gasteiger charge is 2.31. The zero-order valence-corrected chi connectivity index (χ0v) is 9.68. The van der Waals surface area contributed by atoms with Gasteiger partial charge >= 0.3 is 6.18 Å². The Morgan fingerprint density at radius 1 is 1.50 bits per heavy atom. The van der Waals surface area contributed by atoms with E-state index in [4.69, 9.17) is 4.74 Å². The second-order valence-corrected chi connectivity index (χ2v) is 4.34. The van der Waals surface area contributed by atoms with Crippen molar-refractivity contribution < 1.29 is 17.9 Å². The first kappa shape index (κ1) is 13.7. The summed E-state index contributed by atoms with van der Waals surface area (Å²) in [5.41, 5.74) is 0. The molecule has 0 bridgehead atoms. The van der Waals surface area contributed by atoms with Gasteiger partial charge in [-0.05, 0) is 20.4 Å². The summed E-state index contributed by atoms with van der Waals surface area (Å²) in [6, 6.07) is 0.0558. The third-order valence-electron chi connectivity index (χ3n) is 2.81. The average Bonchev–Trinajstić information content (AvgIpc) is 2.16. The van der Waals surface area contributed by atoms with E-state index in [-0.39, 0.29) is 12.1 Å². The Bertz CT molecular complexity index is 205. The lowest BCUT2D eigenvalue weighted by Crippen LogP contribution is -2.46. The first-order valence-electron chi connectivity index (χ1n) is 5.46. The van der Waals surface area contributed by atoms with E-state index in [0.29, 0.717) is 19.6 Å². The van der Waals surface area contributed by atoms with Crippen molar-refractivity contribution in [3.8, 4) is 0 Å². The van der Waals surface area contributed by atoms with Gasteiger partial charge in [-0.15, -0.1) is 0 Å². The Morgan fingerprint density at radius 2 is 2.19 bits per heavy atom. The lowest BCUT2D eigenvalue weighted by Gasteiger charge is -2.31. The maximum absolute atomic E-state index is 12.2. The van der Waals surface area contributed by atoms with E-state index in [1.807, 2.05) is 6.92 Å². The largest absolute Gasteiger partial charge is 0.401 e. The Labute approximate surface area is 93.9 Å². The fraction of sp³-hybridized carbons (Fsp3) is 1.00. The van der Waals surface area contributed by atoms with E-state index >= 15 is 0 Å². The molecule has 0 radical (unpaired) electrons. The van der Waals surface area contributed by atoms with Crippen LogP contribution in [0.4, 0.5) is 13.2 Å². The third-order valence-corrected chi connectivity index (χ3v) is 2.81. The molecule has 0 saturated carbocycles. The predicted molar refractivity (Wildman–Crippen MR) is 55.4 cm³/mol. The molecular weight excluding hydrogens is 221 g/mol. The molecule has 1 saturated heterocycles. The highest BCUT2D eigenvalue weighted by atomic mass is 19.4. The number of nitrogens with one attached hydrogen (secondary N) is 1. The molecule has 1 aliphatic heterocycles. The molecule has 1 rings (SSSR count). The minimum absolute atomic E-state index is 0.110. The zero-order chi connectivity index (χ0) is 12.2. The number of hydrogen-bond donors (Lipinski definition) is 1. The van der Waals surface area contributed by atoms with Crippen molar-refractivity contribution in [2.45, 2.75) is 31.6 Å². The summed E-state index contributed by atoms with van der Waals surface area (Å²) >= 11 is 0. The smallest absolute Gasteiger partial charge is 0.379 e. The van der Waals surface area contributed by atoms with Crippen LogP contribution in [0.3, 0.4) is 0 Å². The lowest BCUT2D eigenvalue weighted by atomic mass is 10.1. The molecule has 2 unspecified atom stereocenters. The van der Waals surface area contributed by atoms with Crippen molar-refractivity contribution in [3.05, 3.63) is 0 Å². The molecule has 3 nitrogen and oxygen atoms in total. The van der Waals surface area contributed by atoms with Gasteiger partial charge in [-0.3, -0.25) is 4.90 Å². The number of alkyl halides is 3. The summed E-state index contributed by atoms with van der Waals surface area (Å²) < 4.78 is 41.7. The van der Waals surface area contributed by atoms with Crippen molar-refractivity contribution in [3.63, 3.8) is 0 Å². The maximum Gasteiger partial charge on any atom is 0.401 e. The van der Waals surface area contributed by atoms with Gasteiger partial charge in [0.15, 0.2) is 0 Å². The molecule has 6 heteroatoms. The van der Waals surface area contributed by atoms with E-state index in [1.54, 1.807) is 0 Å². The van der Waals surface area contributed by atoms with Crippen LogP contribution in [0.2, 0.25) is 0 Å². The fourth-order valence-electron chi connectivity index (χ4n) is 1.80. The summed E-state index contributed by atoms with van der Waals surface area (Å²) in [6.07, 6.45) is -3.45. The van der Waals surface area contributed by atoms with Crippen LogP contribution in [-0.2, 0) is 4.74 Å². The Morgan fingerprint density at radius 3 is 2.69 bits per heavy atom. The summed E-state index contributed by atoms with van der Waals surface area (Å²) in [5.74, 6) is 0. The van der Waals surface area contributed by atoms with E-state index < -0.39 is 12.7 Å². The van der Waals surface area contributed by atoms with E-state index in [1.165, 1.54) is 11.9 Å². The molecule has 2 atom stereocenters. The fourth-order valence-corrected chi connectivity index (χ4v) is 1.80. The molecule has 0 amide bonds. The summed E-state index contributed by atoms with van der Waals surface area (Å²) in [6.45, 7) is 3.00. The first-order valence-corrected chi connectivity index (χ1v) is 5.46. The van der Waals surface area contributed by atoms with Crippen LogP contribution < -0.4 is 5.32 Å². The average molecular weight is 240 g/mol. The molecule has 1 aliphatic rings. The molecular formula is C10H19F3N2O. The molecule has 16 heavy (non-hydrogen) atoms. The van der Waals surface area contributed by atoms with Gasteiger partial charge in [0.2, 0.25) is 0 Å². The van der Waals surface area contributed by atoms with Crippen molar-refractivity contribution in [2.75, 3.05) is 33.4 Å². The van der Waals surface area contributed by atoms with Crippen molar-refractivity contribution >= 4 is 0 Å². The Hall–Kier alpha value is -0.330. The van der Waals surface area contributed by atoms with E-state index in [2.05, 4.69) is 5.32 Å². The second-order valence-electron chi connectivity index (χ2n) is 4.34. The molecule has 0 aliphatic carbocycles. The lowest BCUT2D eigenvalue weighted by molar-refractivity contribution is -0.147. The molecule has 1 N–H and O–H groups in total. The van der Waals surface area contributed by atoms with Gasteiger partial charge in [-0.1, -0.05) is 0 Å². The maximum atomic E-state index is 12.2. The normalized spacial score (nSPS) is 24.8. The van der Waals surface area contributed by atoms with E-state index in [9.17, 15) is 13.2 Å². The number of morpholine rings is 1.